The Morgan fingerprint density at radius 1 is 1.10 bits per heavy atom. The lowest BCUT2D eigenvalue weighted by molar-refractivity contribution is -0.114. The summed E-state index contributed by atoms with van der Waals surface area (Å²) < 4.78 is 0. The summed E-state index contributed by atoms with van der Waals surface area (Å²) in [6.45, 7) is 1.40. The molecule has 7 heteroatoms. The van der Waals surface area contributed by atoms with E-state index >= 15 is 0 Å². The van der Waals surface area contributed by atoms with E-state index in [9.17, 15) is 14.4 Å². The van der Waals surface area contributed by atoms with Crippen molar-refractivity contribution in [2.75, 3.05) is 10.6 Å². The molecule has 0 bridgehead atoms. The van der Waals surface area contributed by atoms with Gasteiger partial charge in [0.2, 0.25) is 5.91 Å². The largest absolute Gasteiger partial charge is 0.327 e. The van der Waals surface area contributed by atoms with Gasteiger partial charge >= 0.3 is 0 Å². The quantitative estimate of drug-likeness (QED) is 0.812. The van der Waals surface area contributed by atoms with Crippen LogP contribution >= 0.6 is 11.6 Å². The second kappa shape index (κ2) is 6.23. The number of hydrogen-bond acceptors (Lipinski definition) is 3. The topological polar surface area (TPSA) is 91.1 Å². The van der Waals surface area contributed by atoms with E-state index in [0.717, 1.165) is 0 Å². The monoisotopic (exact) mass is 305 g/mol. The number of aromatic nitrogens is 1. The number of carbonyl (C=O) groups excluding carboxylic acids is 2. The first kappa shape index (κ1) is 14.8. The summed E-state index contributed by atoms with van der Waals surface area (Å²) >= 11 is 5.74. The van der Waals surface area contributed by atoms with Crippen LogP contribution in [0, 0.1) is 0 Å². The van der Waals surface area contributed by atoms with Gasteiger partial charge in [-0.2, -0.15) is 0 Å². The van der Waals surface area contributed by atoms with Crippen molar-refractivity contribution in [3.8, 4) is 0 Å². The summed E-state index contributed by atoms with van der Waals surface area (Å²) in [7, 11) is 0. The van der Waals surface area contributed by atoms with Crippen molar-refractivity contribution in [2.45, 2.75) is 6.92 Å². The molecule has 108 valence electrons. The zero-order valence-corrected chi connectivity index (χ0v) is 11.8. The number of rotatable bonds is 3. The van der Waals surface area contributed by atoms with Gasteiger partial charge in [-0.05, 0) is 30.3 Å². The van der Waals surface area contributed by atoms with Gasteiger partial charge in [0.05, 0.1) is 5.02 Å². The number of aromatic amines is 1. The zero-order chi connectivity index (χ0) is 15.4. The molecule has 0 aliphatic rings. The smallest absolute Gasteiger partial charge is 0.261 e. The SMILES string of the molecule is CC(=O)Nc1ccc(NC(=O)c2cc(Cl)c[nH]c2=O)cc1. The normalized spacial score (nSPS) is 10.0. The van der Waals surface area contributed by atoms with E-state index in [2.05, 4.69) is 15.6 Å². The average molecular weight is 306 g/mol. The first-order chi connectivity index (χ1) is 9.95. The van der Waals surface area contributed by atoms with Crippen molar-refractivity contribution >= 4 is 34.8 Å². The van der Waals surface area contributed by atoms with Crippen LogP contribution in [0.15, 0.2) is 41.3 Å². The molecule has 1 aromatic heterocycles. The Morgan fingerprint density at radius 2 is 1.67 bits per heavy atom. The molecule has 3 N–H and O–H groups in total. The number of nitrogens with one attached hydrogen (secondary N) is 3. The van der Waals surface area contributed by atoms with E-state index in [0.29, 0.717) is 11.4 Å². The van der Waals surface area contributed by atoms with E-state index in [4.69, 9.17) is 11.6 Å². The lowest BCUT2D eigenvalue weighted by atomic mass is 10.2. The fraction of sp³-hybridized carbons (Fsp3) is 0.0714. The first-order valence-corrected chi connectivity index (χ1v) is 6.41. The summed E-state index contributed by atoms with van der Waals surface area (Å²) in [6.07, 6.45) is 1.31. The van der Waals surface area contributed by atoms with Crippen LogP contribution in [-0.4, -0.2) is 16.8 Å². The van der Waals surface area contributed by atoms with Gasteiger partial charge in [-0.25, -0.2) is 0 Å². The number of H-pyrrole nitrogens is 1. The van der Waals surface area contributed by atoms with E-state index in [1.165, 1.54) is 19.2 Å². The van der Waals surface area contributed by atoms with Crippen LogP contribution in [0.3, 0.4) is 0 Å². The molecule has 0 unspecified atom stereocenters. The summed E-state index contributed by atoms with van der Waals surface area (Å²) in [6, 6.07) is 7.80. The number of hydrogen-bond donors (Lipinski definition) is 3. The lowest BCUT2D eigenvalue weighted by Crippen LogP contribution is -2.22. The van der Waals surface area contributed by atoms with Crippen LogP contribution in [0.5, 0.6) is 0 Å². The maximum atomic E-state index is 12.0. The minimum absolute atomic E-state index is 0.0755. The fourth-order valence-corrected chi connectivity index (χ4v) is 1.83. The van der Waals surface area contributed by atoms with Crippen LogP contribution in [0.1, 0.15) is 17.3 Å². The molecule has 0 saturated carbocycles. The molecule has 0 aliphatic heterocycles. The van der Waals surface area contributed by atoms with Crippen LogP contribution in [0.25, 0.3) is 0 Å². The van der Waals surface area contributed by atoms with Gasteiger partial charge in [-0.1, -0.05) is 11.6 Å². The maximum absolute atomic E-state index is 12.0. The van der Waals surface area contributed by atoms with Gasteiger partial charge in [0.15, 0.2) is 0 Å². The second-order valence-electron chi connectivity index (χ2n) is 4.27. The number of halogens is 1. The highest BCUT2D eigenvalue weighted by Crippen LogP contribution is 2.14. The van der Waals surface area contributed by atoms with E-state index in [1.54, 1.807) is 24.3 Å². The van der Waals surface area contributed by atoms with Crippen molar-refractivity contribution in [3.63, 3.8) is 0 Å². The van der Waals surface area contributed by atoms with Gasteiger partial charge < -0.3 is 15.6 Å². The van der Waals surface area contributed by atoms with Gasteiger partial charge in [0.1, 0.15) is 5.56 Å². The van der Waals surface area contributed by atoms with Crippen molar-refractivity contribution in [1.82, 2.24) is 4.98 Å². The third-order valence-corrected chi connectivity index (χ3v) is 2.79. The molecular weight excluding hydrogens is 294 g/mol. The summed E-state index contributed by atoms with van der Waals surface area (Å²) in [5, 5.41) is 5.45. The summed E-state index contributed by atoms with van der Waals surface area (Å²) in [5.74, 6) is -0.747. The number of amides is 2. The molecule has 1 aromatic carbocycles. The minimum Gasteiger partial charge on any atom is -0.327 e. The average Bonchev–Trinajstić information content (AvgIpc) is 2.43. The molecule has 2 rings (SSSR count). The van der Waals surface area contributed by atoms with Gasteiger partial charge in [0, 0.05) is 24.5 Å². The molecular formula is C14H12ClN3O3. The molecule has 0 saturated heterocycles. The zero-order valence-electron chi connectivity index (χ0n) is 11.1. The molecule has 0 radical (unpaired) electrons. The molecule has 2 amide bonds. The van der Waals surface area contributed by atoms with Gasteiger partial charge in [0.25, 0.3) is 11.5 Å². The molecule has 1 heterocycles. The van der Waals surface area contributed by atoms with E-state index in [1.807, 2.05) is 0 Å². The standard InChI is InChI=1S/C14H12ClN3O3/c1-8(19)17-10-2-4-11(5-3-10)18-14(21)12-6-9(15)7-16-13(12)20/h2-7H,1H3,(H,16,20)(H,17,19)(H,18,21). The highest BCUT2D eigenvalue weighted by molar-refractivity contribution is 6.30. The predicted octanol–water partition coefficient (Wildman–Crippen LogP) is 2.24. The molecule has 21 heavy (non-hydrogen) atoms. The molecule has 0 aliphatic carbocycles. The number of anilines is 2. The highest BCUT2D eigenvalue weighted by Gasteiger charge is 2.11. The van der Waals surface area contributed by atoms with Crippen molar-refractivity contribution in [1.29, 1.82) is 0 Å². The molecule has 0 fully saturated rings. The maximum Gasteiger partial charge on any atom is 0.261 e. The van der Waals surface area contributed by atoms with E-state index in [-0.39, 0.29) is 16.5 Å². The summed E-state index contributed by atoms with van der Waals surface area (Å²) in [5.41, 5.74) is 0.509. The molecule has 6 nitrogen and oxygen atoms in total. The minimum atomic E-state index is -0.564. The third kappa shape index (κ3) is 3.93. The number of carbonyl (C=O) groups is 2. The van der Waals surface area contributed by atoms with Crippen molar-refractivity contribution in [2.24, 2.45) is 0 Å². The fourth-order valence-electron chi connectivity index (χ4n) is 1.66. The number of pyridine rings is 1. The predicted molar refractivity (Wildman–Crippen MR) is 80.8 cm³/mol. The van der Waals surface area contributed by atoms with Crippen molar-refractivity contribution < 1.29 is 9.59 Å². The van der Waals surface area contributed by atoms with Crippen LogP contribution in [0.4, 0.5) is 11.4 Å². The van der Waals surface area contributed by atoms with Gasteiger partial charge in [-0.3, -0.25) is 14.4 Å². The first-order valence-electron chi connectivity index (χ1n) is 6.03. The second-order valence-corrected chi connectivity index (χ2v) is 4.71. The van der Waals surface area contributed by atoms with E-state index < -0.39 is 11.5 Å². The molecule has 2 aromatic rings. The Kier molecular flexibility index (Phi) is 4.39. The Bertz CT molecular complexity index is 738. The Morgan fingerprint density at radius 3 is 2.24 bits per heavy atom. The Hall–Kier alpha value is -2.60. The Balaban J connectivity index is 2.14. The Labute approximate surface area is 125 Å². The lowest BCUT2D eigenvalue weighted by Gasteiger charge is -2.06. The third-order valence-electron chi connectivity index (χ3n) is 2.58. The van der Waals surface area contributed by atoms with Gasteiger partial charge in [-0.15, -0.1) is 0 Å². The van der Waals surface area contributed by atoms with Crippen LogP contribution in [-0.2, 0) is 4.79 Å². The summed E-state index contributed by atoms with van der Waals surface area (Å²) in [4.78, 5) is 36.8. The molecule has 0 spiro atoms. The highest BCUT2D eigenvalue weighted by atomic mass is 35.5. The van der Waals surface area contributed by atoms with Crippen molar-refractivity contribution in [3.05, 3.63) is 57.5 Å². The van der Waals surface area contributed by atoms with Crippen LogP contribution in [0.2, 0.25) is 5.02 Å². The van der Waals surface area contributed by atoms with Crippen LogP contribution < -0.4 is 16.2 Å². The molecule has 0 atom stereocenters. The number of benzene rings is 1.